The third kappa shape index (κ3) is 2.88. The average molecular weight is 293 g/mol. The molecule has 0 bridgehead atoms. The normalized spacial score (nSPS) is 13.7. The standard InChI is InChI=1S/C16H15N5O/c17-9-12-5-1-2-6-13(12)20-15-11-18-14(10-19-15)16(22)21-7-3-4-8-21/h1-2,5-6,10-11H,3-4,7-8H2,(H,19,20). The van der Waals surface area contributed by atoms with Gasteiger partial charge in [0.05, 0.1) is 23.6 Å². The fraction of sp³-hybridized carbons (Fsp3) is 0.250. The highest BCUT2D eigenvalue weighted by molar-refractivity contribution is 5.92. The van der Waals surface area contributed by atoms with Crippen LogP contribution in [0.5, 0.6) is 0 Å². The second-order valence-corrected chi connectivity index (χ2v) is 5.07. The molecule has 6 nitrogen and oxygen atoms in total. The van der Waals surface area contributed by atoms with E-state index in [9.17, 15) is 4.79 Å². The number of rotatable bonds is 3. The maximum atomic E-state index is 12.2. The van der Waals surface area contributed by atoms with Gasteiger partial charge in [0.2, 0.25) is 0 Å². The lowest BCUT2D eigenvalue weighted by Crippen LogP contribution is -2.28. The minimum absolute atomic E-state index is 0.0750. The zero-order valence-electron chi connectivity index (χ0n) is 12.0. The number of carbonyl (C=O) groups is 1. The number of nitrogens with one attached hydrogen (secondary N) is 1. The minimum atomic E-state index is -0.0750. The van der Waals surface area contributed by atoms with Crippen molar-refractivity contribution in [3.63, 3.8) is 0 Å². The van der Waals surface area contributed by atoms with Crippen LogP contribution in [-0.4, -0.2) is 33.9 Å². The minimum Gasteiger partial charge on any atom is -0.338 e. The summed E-state index contributed by atoms with van der Waals surface area (Å²) in [7, 11) is 0. The molecular formula is C16H15N5O. The van der Waals surface area contributed by atoms with Crippen molar-refractivity contribution in [1.82, 2.24) is 14.9 Å². The lowest BCUT2D eigenvalue weighted by molar-refractivity contribution is 0.0786. The number of nitriles is 1. The van der Waals surface area contributed by atoms with Crippen LogP contribution >= 0.6 is 0 Å². The summed E-state index contributed by atoms with van der Waals surface area (Å²) in [4.78, 5) is 22.4. The molecule has 0 aliphatic carbocycles. The molecule has 1 aromatic heterocycles. The summed E-state index contributed by atoms with van der Waals surface area (Å²) in [6.45, 7) is 1.58. The van der Waals surface area contributed by atoms with Crippen LogP contribution in [0.3, 0.4) is 0 Å². The third-order valence-electron chi connectivity index (χ3n) is 3.57. The highest BCUT2D eigenvalue weighted by atomic mass is 16.2. The molecule has 1 aliphatic rings. The first-order valence-electron chi connectivity index (χ1n) is 7.15. The predicted molar refractivity (Wildman–Crippen MR) is 81.6 cm³/mol. The molecule has 2 heterocycles. The molecule has 22 heavy (non-hydrogen) atoms. The summed E-state index contributed by atoms with van der Waals surface area (Å²) in [6, 6.07) is 9.26. The van der Waals surface area contributed by atoms with Gasteiger partial charge in [0, 0.05) is 13.1 Å². The molecule has 0 saturated carbocycles. The first-order valence-corrected chi connectivity index (χ1v) is 7.15. The van der Waals surface area contributed by atoms with Gasteiger partial charge in [-0.1, -0.05) is 12.1 Å². The monoisotopic (exact) mass is 293 g/mol. The molecule has 6 heteroatoms. The molecule has 1 amide bonds. The molecule has 0 unspecified atom stereocenters. The summed E-state index contributed by atoms with van der Waals surface area (Å²) in [6.07, 6.45) is 5.07. The van der Waals surface area contributed by atoms with Crippen molar-refractivity contribution >= 4 is 17.4 Å². The van der Waals surface area contributed by atoms with Crippen LogP contribution in [0.2, 0.25) is 0 Å². The molecule has 1 fully saturated rings. The van der Waals surface area contributed by atoms with Gasteiger partial charge in [-0.25, -0.2) is 9.97 Å². The zero-order chi connectivity index (χ0) is 15.4. The fourth-order valence-corrected chi connectivity index (χ4v) is 2.41. The van der Waals surface area contributed by atoms with Crippen molar-refractivity contribution in [3.05, 3.63) is 47.9 Å². The lowest BCUT2D eigenvalue weighted by atomic mass is 10.2. The van der Waals surface area contributed by atoms with Crippen molar-refractivity contribution in [2.75, 3.05) is 18.4 Å². The van der Waals surface area contributed by atoms with Gasteiger partial charge >= 0.3 is 0 Å². The summed E-state index contributed by atoms with van der Waals surface area (Å²) in [5, 5.41) is 12.1. The number of hydrogen-bond donors (Lipinski definition) is 1. The Morgan fingerprint density at radius 3 is 2.64 bits per heavy atom. The number of carbonyl (C=O) groups excluding carboxylic acids is 1. The summed E-state index contributed by atoms with van der Waals surface area (Å²) < 4.78 is 0. The van der Waals surface area contributed by atoms with E-state index < -0.39 is 0 Å². The van der Waals surface area contributed by atoms with E-state index in [0.29, 0.717) is 22.8 Å². The van der Waals surface area contributed by atoms with E-state index in [0.717, 1.165) is 25.9 Å². The summed E-state index contributed by atoms with van der Waals surface area (Å²) in [5.74, 6) is 0.426. The van der Waals surface area contributed by atoms with Crippen molar-refractivity contribution in [2.24, 2.45) is 0 Å². The maximum Gasteiger partial charge on any atom is 0.274 e. The number of aromatic nitrogens is 2. The molecule has 1 saturated heterocycles. The maximum absolute atomic E-state index is 12.2. The van der Waals surface area contributed by atoms with E-state index >= 15 is 0 Å². The molecule has 0 radical (unpaired) electrons. The highest BCUT2D eigenvalue weighted by Crippen LogP contribution is 2.18. The Morgan fingerprint density at radius 1 is 1.18 bits per heavy atom. The highest BCUT2D eigenvalue weighted by Gasteiger charge is 2.20. The molecule has 0 atom stereocenters. The third-order valence-corrected chi connectivity index (χ3v) is 3.57. The van der Waals surface area contributed by atoms with Crippen LogP contribution in [0.1, 0.15) is 28.9 Å². The average Bonchev–Trinajstić information content (AvgIpc) is 3.10. The van der Waals surface area contributed by atoms with Crippen LogP contribution < -0.4 is 5.32 Å². The van der Waals surface area contributed by atoms with Gasteiger partial charge in [-0.05, 0) is 25.0 Å². The molecule has 0 spiro atoms. The molecule has 1 aromatic carbocycles. The van der Waals surface area contributed by atoms with Gasteiger partial charge in [0.1, 0.15) is 17.6 Å². The number of likely N-dealkylation sites (tertiary alicyclic amines) is 1. The summed E-state index contributed by atoms with van der Waals surface area (Å²) in [5.41, 5.74) is 1.54. The van der Waals surface area contributed by atoms with Crippen molar-refractivity contribution in [2.45, 2.75) is 12.8 Å². The first kappa shape index (κ1) is 14.0. The van der Waals surface area contributed by atoms with Gasteiger partial charge in [-0.3, -0.25) is 4.79 Å². The predicted octanol–water partition coefficient (Wildman–Crippen LogP) is 2.33. The van der Waals surface area contributed by atoms with Gasteiger partial charge in [-0.15, -0.1) is 0 Å². The number of benzene rings is 1. The van der Waals surface area contributed by atoms with Gasteiger partial charge < -0.3 is 10.2 Å². The zero-order valence-corrected chi connectivity index (χ0v) is 12.0. The van der Waals surface area contributed by atoms with Gasteiger partial charge in [-0.2, -0.15) is 5.26 Å². The van der Waals surface area contributed by atoms with E-state index in [1.807, 2.05) is 6.07 Å². The number of hydrogen-bond acceptors (Lipinski definition) is 5. The molecule has 110 valence electrons. The number of nitrogens with zero attached hydrogens (tertiary/aromatic N) is 4. The Bertz CT molecular complexity index is 714. The van der Waals surface area contributed by atoms with Crippen molar-refractivity contribution in [1.29, 1.82) is 5.26 Å². The molecule has 3 rings (SSSR count). The van der Waals surface area contributed by atoms with Crippen molar-refractivity contribution < 1.29 is 4.79 Å². The van der Waals surface area contributed by atoms with E-state index in [2.05, 4.69) is 21.4 Å². The topological polar surface area (TPSA) is 81.9 Å². The molecule has 2 aromatic rings. The fourth-order valence-electron chi connectivity index (χ4n) is 2.41. The first-order chi connectivity index (χ1) is 10.8. The largest absolute Gasteiger partial charge is 0.338 e. The second kappa shape index (κ2) is 6.22. The Kier molecular flexibility index (Phi) is 3.97. The van der Waals surface area contributed by atoms with E-state index in [-0.39, 0.29) is 5.91 Å². The smallest absolute Gasteiger partial charge is 0.274 e. The second-order valence-electron chi connectivity index (χ2n) is 5.07. The molecular weight excluding hydrogens is 278 g/mol. The van der Waals surface area contributed by atoms with Crippen LogP contribution in [0.15, 0.2) is 36.7 Å². The molecule has 1 N–H and O–H groups in total. The number of amides is 1. The van der Waals surface area contributed by atoms with Crippen LogP contribution in [0.25, 0.3) is 0 Å². The van der Waals surface area contributed by atoms with Crippen LogP contribution in [0.4, 0.5) is 11.5 Å². The lowest BCUT2D eigenvalue weighted by Gasteiger charge is -2.14. The van der Waals surface area contributed by atoms with E-state index in [1.165, 1.54) is 12.4 Å². The quantitative estimate of drug-likeness (QED) is 0.939. The number of para-hydroxylation sites is 1. The van der Waals surface area contributed by atoms with Crippen LogP contribution in [0, 0.1) is 11.3 Å². The Hall–Kier alpha value is -2.94. The van der Waals surface area contributed by atoms with Crippen molar-refractivity contribution in [3.8, 4) is 6.07 Å². The Morgan fingerprint density at radius 2 is 1.95 bits per heavy atom. The SMILES string of the molecule is N#Cc1ccccc1Nc1cnc(C(=O)N2CCCC2)cn1. The van der Waals surface area contributed by atoms with Gasteiger partial charge in [0.15, 0.2) is 0 Å². The van der Waals surface area contributed by atoms with E-state index in [1.54, 1.807) is 23.1 Å². The van der Waals surface area contributed by atoms with Crippen LogP contribution in [-0.2, 0) is 0 Å². The Labute approximate surface area is 128 Å². The number of anilines is 2. The molecule has 1 aliphatic heterocycles. The van der Waals surface area contributed by atoms with E-state index in [4.69, 9.17) is 5.26 Å². The van der Waals surface area contributed by atoms with Gasteiger partial charge in [0.25, 0.3) is 5.91 Å². The Balaban J connectivity index is 1.74. The summed E-state index contributed by atoms with van der Waals surface area (Å²) >= 11 is 0.